The standard InChI is InChI=1S/C8H9BrN4O/c1-13-6(4-11-12-13)7(10)5-2-3-14-8(5)9/h2-4,7H,10H2,1H3. The predicted molar refractivity (Wildman–Crippen MR) is 53.4 cm³/mol. The lowest BCUT2D eigenvalue weighted by molar-refractivity contribution is 0.532. The van der Waals surface area contributed by atoms with Crippen molar-refractivity contribution >= 4 is 15.9 Å². The summed E-state index contributed by atoms with van der Waals surface area (Å²) in [5.74, 6) is 0. The van der Waals surface area contributed by atoms with Crippen molar-refractivity contribution < 1.29 is 4.42 Å². The SMILES string of the molecule is Cn1nncc1C(N)c1ccoc1Br. The third-order valence-electron chi connectivity index (χ3n) is 2.05. The average Bonchev–Trinajstić information content (AvgIpc) is 2.73. The van der Waals surface area contributed by atoms with Crippen LogP contribution >= 0.6 is 15.9 Å². The summed E-state index contributed by atoms with van der Waals surface area (Å²) in [5, 5.41) is 7.59. The minimum atomic E-state index is -0.275. The second-order valence-corrected chi connectivity index (χ2v) is 3.63. The molecule has 0 saturated carbocycles. The lowest BCUT2D eigenvalue weighted by Crippen LogP contribution is -2.15. The molecule has 2 rings (SSSR count). The Morgan fingerprint density at radius 2 is 2.43 bits per heavy atom. The third-order valence-corrected chi connectivity index (χ3v) is 2.69. The molecule has 1 unspecified atom stereocenters. The molecule has 2 aromatic rings. The van der Waals surface area contributed by atoms with Crippen LogP contribution in [0, 0.1) is 0 Å². The zero-order valence-corrected chi connectivity index (χ0v) is 9.10. The van der Waals surface area contributed by atoms with Crippen LogP contribution in [0.2, 0.25) is 0 Å². The fourth-order valence-electron chi connectivity index (χ4n) is 1.27. The van der Waals surface area contributed by atoms with E-state index in [9.17, 15) is 0 Å². The number of hydrogen-bond donors (Lipinski definition) is 1. The van der Waals surface area contributed by atoms with Crippen LogP contribution in [0.3, 0.4) is 0 Å². The first-order valence-electron chi connectivity index (χ1n) is 4.03. The number of rotatable bonds is 2. The molecule has 0 aliphatic heterocycles. The maximum atomic E-state index is 6.02. The van der Waals surface area contributed by atoms with Gasteiger partial charge in [-0.1, -0.05) is 5.21 Å². The normalized spacial score (nSPS) is 13.1. The molecule has 0 amide bonds. The van der Waals surface area contributed by atoms with E-state index in [2.05, 4.69) is 26.2 Å². The van der Waals surface area contributed by atoms with Gasteiger partial charge >= 0.3 is 0 Å². The fourth-order valence-corrected chi connectivity index (χ4v) is 1.75. The summed E-state index contributed by atoms with van der Waals surface area (Å²) in [6.07, 6.45) is 3.23. The number of halogens is 1. The smallest absolute Gasteiger partial charge is 0.174 e. The topological polar surface area (TPSA) is 69.9 Å². The Kier molecular flexibility index (Phi) is 2.39. The molecule has 2 heterocycles. The molecule has 6 heteroatoms. The van der Waals surface area contributed by atoms with Gasteiger partial charge in [0.2, 0.25) is 0 Å². The van der Waals surface area contributed by atoms with E-state index < -0.39 is 0 Å². The Morgan fingerprint density at radius 1 is 1.64 bits per heavy atom. The lowest BCUT2D eigenvalue weighted by atomic mass is 10.1. The van der Waals surface area contributed by atoms with Gasteiger partial charge in [-0.3, -0.25) is 4.68 Å². The number of aromatic nitrogens is 3. The lowest BCUT2D eigenvalue weighted by Gasteiger charge is -2.08. The van der Waals surface area contributed by atoms with Crippen LogP contribution in [0.5, 0.6) is 0 Å². The Labute approximate surface area is 89.0 Å². The largest absolute Gasteiger partial charge is 0.457 e. The molecule has 0 spiro atoms. The van der Waals surface area contributed by atoms with Crippen molar-refractivity contribution in [2.75, 3.05) is 0 Å². The highest BCUT2D eigenvalue weighted by Crippen LogP contribution is 2.26. The van der Waals surface area contributed by atoms with Gasteiger partial charge in [0.25, 0.3) is 0 Å². The van der Waals surface area contributed by atoms with Crippen LogP contribution < -0.4 is 5.73 Å². The van der Waals surface area contributed by atoms with Crippen LogP contribution in [0.4, 0.5) is 0 Å². The summed E-state index contributed by atoms with van der Waals surface area (Å²) < 4.78 is 7.40. The minimum Gasteiger partial charge on any atom is -0.457 e. The van der Waals surface area contributed by atoms with E-state index in [-0.39, 0.29) is 6.04 Å². The number of nitrogens with zero attached hydrogens (tertiary/aromatic N) is 3. The molecule has 0 bridgehead atoms. The zero-order valence-electron chi connectivity index (χ0n) is 7.51. The molecule has 14 heavy (non-hydrogen) atoms. The van der Waals surface area contributed by atoms with Crippen molar-refractivity contribution in [1.29, 1.82) is 0 Å². The molecule has 0 fully saturated rings. The zero-order chi connectivity index (χ0) is 10.1. The molecule has 0 saturated heterocycles. The van der Waals surface area contributed by atoms with Crippen LogP contribution in [0.1, 0.15) is 17.3 Å². The van der Waals surface area contributed by atoms with Crippen molar-refractivity contribution in [3.63, 3.8) is 0 Å². The van der Waals surface area contributed by atoms with E-state index in [1.54, 1.807) is 24.2 Å². The molecule has 0 aromatic carbocycles. The Hall–Kier alpha value is -1.14. The molecule has 1 atom stereocenters. The Balaban J connectivity index is 2.38. The number of nitrogens with two attached hydrogens (primary N) is 1. The summed E-state index contributed by atoms with van der Waals surface area (Å²) in [5.41, 5.74) is 7.74. The first-order valence-corrected chi connectivity index (χ1v) is 4.82. The molecule has 74 valence electrons. The summed E-state index contributed by atoms with van der Waals surface area (Å²) in [6, 6.07) is 1.55. The molecular weight excluding hydrogens is 248 g/mol. The first kappa shape index (κ1) is 9.42. The van der Waals surface area contributed by atoms with Gasteiger partial charge in [-0.25, -0.2) is 0 Å². The van der Waals surface area contributed by atoms with Gasteiger partial charge < -0.3 is 10.2 Å². The summed E-state index contributed by atoms with van der Waals surface area (Å²) >= 11 is 3.28. The first-order chi connectivity index (χ1) is 6.70. The van der Waals surface area contributed by atoms with Crippen LogP contribution in [0.15, 0.2) is 27.6 Å². The van der Waals surface area contributed by atoms with E-state index in [1.807, 2.05) is 6.07 Å². The maximum absolute atomic E-state index is 6.02. The van der Waals surface area contributed by atoms with E-state index in [4.69, 9.17) is 10.2 Å². The highest BCUT2D eigenvalue weighted by atomic mass is 79.9. The number of hydrogen-bond acceptors (Lipinski definition) is 4. The third kappa shape index (κ3) is 1.46. The second-order valence-electron chi connectivity index (χ2n) is 2.91. The van der Waals surface area contributed by atoms with E-state index in [0.29, 0.717) is 4.67 Å². The van der Waals surface area contributed by atoms with Crippen LogP contribution in [-0.4, -0.2) is 15.0 Å². The Bertz CT molecular complexity index is 396. The fraction of sp³-hybridized carbons (Fsp3) is 0.250. The van der Waals surface area contributed by atoms with Crippen molar-refractivity contribution in [3.8, 4) is 0 Å². The summed E-state index contributed by atoms with van der Waals surface area (Å²) in [6.45, 7) is 0. The molecular formula is C8H9BrN4O. The number of furan rings is 1. The maximum Gasteiger partial charge on any atom is 0.174 e. The minimum absolute atomic E-state index is 0.275. The number of aryl methyl sites for hydroxylation is 1. The molecule has 2 aromatic heterocycles. The highest BCUT2D eigenvalue weighted by Gasteiger charge is 2.17. The molecule has 2 N–H and O–H groups in total. The van der Waals surface area contributed by atoms with Crippen molar-refractivity contribution in [2.24, 2.45) is 12.8 Å². The summed E-state index contributed by atoms with van der Waals surface area (Å²) in [4.78, 5) is 0. The Morgan fingerprint density at radius 3 is 2.93 bits per heavy atom. The highest BCUT2D eigenvalue weighted by molar-refractivity contribution is 9.10. The van der Waals surface area contributed by atoms with Crippen LogP contribution in [-0.2, 0) is 7.05 Å². The summed E-state index contributed by atoms with van der Waals surface area (Å²) in [7, 11) is 1.80. The van der Waals surface area contributed by atoms with Gasteiger partial charge in [-0.05, 0) is 22.0 Å². The van der Waals surface area contributed by atoms with Gasteiger partial charge in [0, 0.05) is 12.6 Å². The van der Waals surface area contributed by atoms with Gasteiger partial charge in [0.1, 0.15) is 0 Å². The molecule has 0 radical (unpaired) electrons. The quantitative estimate of drug-likeness (QED) is 0.878. The molecule has 0 aliphatic carbocycles. The van der Waals surface area contributed by atoms with Crippen molar-refractivity contribution in [3.05, 3.63) is 34.5 Å². The van der Waals surface area contributed by atoms with Crippen molar-refractivity contribution in [2.45, 2.75) is 6.04 Å². The molecule has 5 nitrogen and oxygen atoms in total. The van der Waals surface area contributed by atoms with Crippen molar-refractivity contribution in [1.82, 2.24) is 15.0 Å². The van der Waals surface area contributed by atoms with Crippen LogP contribution in [0.25, 0.3) is 0 Å². The van der Waals surface area contributed by atoms with E-state index in [1.165, 1.54) is 0 Å². The molecule has 0 aliphatic rings. The van der Waals surface area contributed by atoms with E-state index >= 15 is 0 Å². The van der Waals surface area contributed by atoms with Gasteiger partial charge in [-0.15, -0.1) is 5.10 Å². The second kappa shape index (κ2) is 3.55. The average molecular weight is 257 g/mol. The van der Waals surface area contributed by atoms with Gasteiger partial charge in [0.15, 0.2) is 4.67 Å². The van der Waals surface area contributed by atoms with Gasteiger partial charge in [0.05, 0.1) is 24.2 Å². The monoisotopic (exact) mass is 256 g/mol. The van der Waals surface area contributed by atoms with Gasteiger partial charge in [-0.2, -0.15) is 0 Å². The predicted octanol–water partition coefficient (Wildman–Crippen LogP) is 1.22. The van der Waals surface area contributed by atoms with E-state index in [0.717, 1.165) is 11.3 Å².